The number of aromatic amines is 2. The van der Waals surface area contributed by atoms with Crippen LogP contribution in [0.5, 0.6) is 17.2 Å². The van der Waals surface area contributed by atoms with Gasteiger partial charge in [-0.15, -0.1) is 0 Å². The van der Waals surface area contributed by atoms with Gasteiger partial charge in [-0.3, -0.25) is 15.2 Å². The molecule has 0 amide bonds. The second kappa shape index (κ2) is 48.8. The number of hydrogen-bond donors (Lipinski definition) is 3. The molecule has 7 aromatic rings. The predicted molar refractivity (Wildman–Crippen MR) is 444 cm³/mol. The third kappa shape index (κ3) is 29.5. The van der Waals surface area contributed by atoms with E-state index < -0.39 is 28.5 Å². The number of aryl methyl sites for hydroxylation is 2. The number of hydrogen-bond acceptors (Lipinski definition) is 16. The van der Waals surface area contributed by atoms with E-state index >= 15 is 0 Å². The molecule has 2 saturated heterocycles. The molecule has 0 saturated carbocycles. The summed E-state index contributed by atoms with van der Waals surface area (Å²) in [4.78, 5) is 15.7. The topological polar surface area (TPSA) is 185 Å². The summed E-state index contributed by atoms with van der Waals surface area (Å²) < 4.78 is 117. The number of methoxy groups -OCH3 is 1. The highest BCUT2D eigenvalue weighted by Gasteiger charge is 2.38. The fourth-order valence-corrected chi connectivity index (χ4v) is 13.6. The number of nitrogens with one attached hydrogen (secondary N) is 2. The Bertz CT molecular complexity index is 3870. The van der Waals surface area contributed by atoms with E-state index in [1.165, 1.54) is 65.9 Å². The Morgan fingerprint density at radius 1 is 0.616 bits per heavy atom. The van der Waals surface area contributed by atoms with E-state index in [9.17, 15) is 26.3 Å². The average molecular weight is 1590 g/mol. The number of rotatable bonds is 37. The van der Waals surface area contributed by atoms with Crippen molar-refractivity contribution in [2.24, 2.45) is 16.6 Å². The van der Waals surface area contributed by atoms with E-state index in [1.54, 1.807) is 26.3 Å². The predicted octanol–water partition coefficient (Wildman–Crippen LogP) is 19.0. The third-order valence-corrected chi connectivity index (χ3v) is 20.4. The molecular weight excluding hydrogens is 1460 g/mol. The minimum atomic E-state index is -4.60. The maximum absolute atomic E-state index is 13.9. The van der Waals surface area contributed by atoms with Crippen molar-refractivity contribution in [3.8, 4) is 45.5 Å². The number of unbranched alkanes of at least 4 members (excludes halogenated alkanes) is 3. The molecule has 3 aliphatic heterocycles. The van der Waals surface area contributed by atoms with Gasteiger partial charge < -0.3 is 58.7 Å². The van der Waals surface area contributed by atoms with Gasteiger partial charge in [0.2, 0.25) is 0 Å². The quantitative estimate of drug-likeness (QED) is 0.0247. The molecule has 0 spiro atoms. The van der Waals surface area contributed by atoms with Crippen molar-refractivity contribution >= 4 is 23.0 Å². The number of aromatic nitrogens is 6. The van der Waals surface area contributed by atoms with Crippen LogP contribution >= 0.6 is 11.6 Å². The molecular formula is C86H130ClF6N13O6. The van der Waals surface area contributed by atoms with E-state index in [0.717, 1.165) is 132 Å². The molecule has 112 heavy (non-hydrogen) atoms. The summed E-state index contributed by atoms with van der Waals surface area (Å²) in [6.07, 6.45) is 12.2. The van der Waals surface area contributed by atoms with Gasteiger partial charge in [-0.2, -0.15) is 41.6 Å². The van der Waals surface area contributed by atoms with E-state index in [1.807, 2.05) is 37.5 Å². The van der Waals surface area contributed by atoms with Gasteiger partial charge in [-0.25, -0.2) is 4.68 Å². The lowest BCUT2D eigenvalue weighted by atomic mass is 9.99. The third-order valence-electron chi connectivity index (χ3n) is 20.0. The highest BCUT2D eigenvalue weighted by atomic mass is 35.5. The zero-order valence-electron chi connectivity index (χ0n) is 67.3. The Kier molecular flexibility index (Phi) is 41.5. The van der Waals surface area contributed by atoms with Gasteiger partial charge in [0.1, 0.15) is 17.2 Å². The first kappa shape index (κ1) is 95.3. The molecule has 19 nitrogen and oxygen atoms in total. The zero-order chi connectivity index (χ0) is 79.8. The van der Waals surface area contributed by atoms with Crippen LogP contribution in [-0.4, -0.2) is 202 Å². The number of anilines is 1. The number of H-pyrrole nitrogens is 2. The van der Waals surface area contributed by atoms with Crippen LogP contribution in [-0.2, 0) is 46.2 Å². The summed E-state index contributed by atoms with van der Waals surface area (Å²) in [5.41, 5.74) is 16.5. The normalized spacial score (nSPS) is 14.1. The number of nitrogens with two attached hydrogens (primary N) is 1. The monoisotopic (exact) mass is 1590 g/mol. The van der Waals surface area contributed by atoms with Gasteiger partial charge in [-0.05, 0) is 203 Å². The molecule has 4 aromatic carbocycles. The standard InChI is InChI=1S/C23H32F3N3O2.C21H32N4O.C21H33N3O.C19H25ClF3N3O2.2CH4/c1-4-5-8-29(3)14-19-13-27-28-21(19)18-11-16(2)22(20(12-18)23(24,25)26)31-15-17-6-9-30-10-7-17;1-4-5-12-24(2)16-18-15-22-23-21(18)17-6-8-19(9-7-17)25(3)20-10-13-26-14-11-20;1-6-9-14-23(5)16-21-17(4)15-22-24(21)18-10-12-20(13-11-18)25-19(7-2)8-3;1-26(7-5-24)12-13-4-6-25-18(13)14-10-15(19(21,22)23)17(20)16(11-14)28-9-3-8-27-2;;/h11-13,17H,4-10,14-15H2,1-3H3,(H,27,28);6-9,15,20H,4-5,10-14,16H2,1-3H3,(H,22,23);10-13,15,19H,6-9,14,16H2,1-5H3;4,10-11H,3,5-9,12,24H2,1-2H3;2*1H4. The largest absolute Gasteiger partial charge is 0.492 e. The number of ether oxygens (including phenoxy) is 6. The second-order valence-electron chi connectivity index (χ2n) is 29.1. The molecule has 0 atom stereocenters. The van der Waals surface area contributed by atoms with E-state index in [4.69, 9.17) is 45.8 Å². The van der Waals surface area contributed by atoms with Crippen molar-refractivity contribution in [3.05, 3.63) is 153 Å². The van der Waals surface area contributed by atoms with Crippen molar-refractivity contribution in [2.45, 2.75) is 191 Å². The van der Waals surface area contributed by atoms with Gasteiger partial charge in [0.15, 0.2) is 0 Å². The Morgan fingerprint density at radius 3 is 1.71 bits per heavy atom. The summed E-state index contributed by atoms with van der Waals surface area (Å²) in [5, 5.41) is 18.6. The van der Waals surface area contributed by atoms with E-state index in [0.29, 0.717) is 99.2 Å². The fourth-order valence-electron chi connectivity index (χ4n) is 13.4. The lowest BCUT2D eigenvalue weighted by Gasteiger charge is -2.33. The molecule has 2 fully saturated rings. The Hall–Kier alpha value is -7.33. The molecule has 10 rings (SSSR count). The second-order valence-corrected chi connectivity index (χ2v) is 29.4. The number of halogens is 7. The number of aliphatic imine (C=N–C) groups is 1. The lowest BCUT2D eigenvalue weighted by molar-refractivity contribution is -0.139. The zero-order valence-corrected chi connectivity index (χ0v) is 68.1. The van der Waals surface area contributed by atoms with Crippen LogP contribution in [0, 0.1) is 19.8 Å². The highest BCUT2D eigenvalue weighted by molar-refractivity contribution is 6.33. The summed E-state index contributed by atoms with van der Waals surface area (Å²) in [7, 11) is 12.0. The summed E-state index contributed by atoms with van der Waals surface area (Å²) >= 11 is 5.99. The molecule has 26 heteroatoms. The van der Waals surface area contributed by atoms with Crippen LogP contribution in [0.15, 0.2) is 108 Å². The van der Waals surface area contributed by atoms with Crippen LogP contribution < -0.4 is 24.8 Å². The minimum absolute atomic E-state index is 0. The van der Waals surface area contributed by atoms with E-state index in [-0.39, 0.29) is 45.5 Å². The Morgan fingerprint density at radius 2 is 1.16 bits per heavy atom. The molecule has 624 valence electrons. The first-order valence-electron chi connectivity index (χ1n) is 39.2. The number of alkyl halides is 6. The van der Waals surface area contributed by atoms with E-state index in [2.05, 4.69) is 166 Å². The van der Waals surface area contributed by atoms with Crippen LogP contribution in [0.25, 0.3) is 28.2 Å². The minimum Gasteiger partial charge on any atom is -0.492 e. The van der Waals surface area contributed by atoms with Crippen LogP contribution in [0.4, 0.5) is 32.0 Å². The summed E-state index contributed by atoms with van der Waals surface area (Å²) in [5.74, 6) is 1.06. The van der Waals surface area contributed by atoms with Crippen molar-refractivity contribution in [3.63, 3.8) is 0 Å². The van der Waals surface area contributed by atoms with Crippen LogP contribution in [0.3, 0.4) is 0 Å². The molecule has 0 bridgehead atoms. The molecule has 3 aromatic heterocycles. The van der Waals surface area contributed by atoms with Crippen molar-refractivity contribution < 1.29 is 54.8 Å². The van der Waals surface area contributed by atoms with Gasteiger partial charge in [0.25, 0.3) is 0 Å². The van der Waals surface area contributed by atoms with Gasteiger partial charge in [-0.1, -0.05) is 98.5 Å². The van der Waals surface area contributed by atoms with Crippen LogP contribution in [0.2, 0.25) is 5.02 Å². The van der Waals surface area contributed by atoms with Crippen molar-refractivity contribution in [1.82, 2.24) is 49.8 Å². The Labute approximate surface area is 669 Å². The molecule has 0 aliphatic carbocycles. The number of likely N-dealkylation sites (N-methyl/N-ethyl adjacent to an activating group) is 1. The fraction of sp³-hybridized carbons (Fsp3) is 0.581. The van der Waals surface area contributed by atoms with Crippen molar-refractivity contribution in [2.75, 3.05) is 139 Å². The maximum atomic E-state index is 13.9. The van der Waals surface area contributed by atoms with Gasteiger partial charge in [0, 0.05) is 132 Å². The summed E-state index contributed by atoms with van der Waals surface area (Å²) in [6, 6.07) is 23.2. The number of nitrogens with zero attached hydrogens (tertiary/aromatic N) is 10. The smallest absolute Gasteiger partial charge is 0.419 e. The summed E-state index contributed by atoms with van der Waals surface area (Å²) in [6.45, 7) is 26.4. The maximum Gasteiger partial charge on any atom is 0.419 e. The first-order chi connectivity index (χ1) is 52.8. The van der Waals surface area contributed by atoms with Crippen LogP contribution in [0.1, 0.15) is 178 Å². The molecule has 0 radical (unpaired) electrons. The molecule has 4 N–H and O–H groups in total. The Balaban J connectivity index is 0.000000266. The molecule has 3 aliphatic rings. The molecule has 0 unspecified atom stereocenters. The average Bonchev–Trinajstić information content (AvgIpc) is 1.30. The first-order valence-corrected chi connectivity index (χ1v) is 39.6. The van der Waals surface area contributed by atoms with Gasteiger partial charge >= 0.3 is 12.4 Å². The molecule has 6 heterocycles. The highest BCUT2D eigenvalue weighted by Crippen LogP contribution is 2.44. The SMILES string of the molecule is C.C.CCCCN(C)Cc1c(C)cnn1-c1ccc(OC(CC)CC)cc1.CCCCN(C)Cc1cn[nH]c1-c1cc(C)c(OCC2CCOCC2)c(C(F)(F)F)c1.CCCCN(C)Cc1cn[nH]c1-c1ccc(N(C)C2CCOCC2)cc1.COCCCOc1cc(C2=NCC=C2CN(C)CCN)cc(C(F)(F)F)c1Cl. The van der Waals surface area contributed by atoms with Crippen molar-refractivity contribution in [1.29, 1.82) is 0 Å². The van der Waals surface area contributed by atoms with Gasteiger partial charge in [0.05, 0.1) is 89.1 Å². The number of benzene rings is 4. The lowest BCUT2D eigenvalue weighted by Crippen LogP contribution is -2.36.